The Morgan fingerprint density at radius 1 is 1.13 bits per heavy atom. The average molecular weight is 459 g/mol. The number of nitrogens with one attached hydrogen (secondary N) is 2. The molecule has 1 aromatic carbocycles. The molecule has 0 aliphatic heterocycles. The molecule has 1 aliphatic carbocycles. The van der Waals surface area contributed by atoms with Gasteiger partial charge in [-0.05, 0) is 69.8 Å². The minimum Gasteiger partial charge on any atom is -0.402 e. The summed E-state index contributed by atoms with van der Waals surface area (Å²) in [5.41, 5.74) is 16.2. The SMILES string of the molecule is C=C(NCCNCCN(CC)c1cc(C)ccc1Cl)C1=C(N)CCCC1.CCl.CN. The molecule has 0 fully saturated rings. The molecule has 7 heteroatoms. The van der Waals surface area contributed by atoms with Gasteiger partial charge in [0.25, 0.3) is 0 Å². The Morgan fingerprint density at radius 2 is 1.80 bits per heavy atom. The van der Waals surface area contributed by atoms with Crippen molar-refractivity contribution in [3.05, 3.63) is 52.3 Å². The second-order valence-electron chi connectivity index (χ2n) is 6.90. The number of allylic oxidation sites excluding steroid dienone is 2. The van der Waals surface area contributed by atoms with Crippen molar-refractivity contribution < 1.29 is 0 Å². The van der Waals surface area contributed by atoms with Crippen molar-refractivity contribution in [1.82, 2.24) is 10.6 Å². The first-order valence-corrected chi connectivity index (χ1v) is 11.7. The molecule has 0 saturated heterocycles. The maximum Gasteiger partial charge on any atom is 0.0639 e. The van der Waals surface area contributed by atoms with Gasteiger partial charge in [-0.2, -0.15) is 0 Å². The number of alkyl halides is 1. The molecule has 0 aromatic heterocycles. The van der Waals surface area contributed by atoms with E-state index in [0.717, 1.165) is 67.7 Å². The van der Waals surface area contributed by atoms with Gasteiger partial charge in [0, 0.05) is 50.5 Å². The second-order valence-corrected chi connectivity index (χ2v) is 7.31. The number of nitrogens with zero attached hydrogens (tertiary/aromatic N) is 1. The second kappa shape index (κ2) is 17.3. The van der Waals surface area contributed by atoms with Gasteiger partial charge in [-0.3, -0.25) is 0 Å². The van der Waals surface area contributed by atoms with Crippen molar-refractivity contribution in [1.29, 1.82) is 0 Å². The summed E-state index contributed by atoms with van der Waals surface area (Å²) < 4.78 is 0. The molecule has 2 rings (SSSR count). The Balaban J connectivity index is 0.00000198. The maximum atomic E-state index is 6.36. The Labute approximate surface area is 193 Å². The van der Waals surface area contributed by atoms with Crippen LogP contribution < -0.4 is 27.0 Å². The van der Waals surface area contributed by atoms with Gasteiger partial charge in [-0.1, -0.05) is 24.2 Å². The number of benzene rings is 1. The molecule has 5 nitrogen and oxygen atoms in total. The van der Waals surface area contributed by atoms with Crippen LogP contribution in [0.1, 0.15) is 38.2 Å². The molecular formula is C23H41Cl2N5. The molecule has 6 N–H and O–H groups in total. The highest BCUT2D eigenvalue weighted by molar-refractivity contribution is 6.33. The van der Waals surface area contributed by atoms with Crippen LogP contribution in [0, 0.1) is 6.92 Å². The van der Waals surface area contributed by atoms with Crippen LogP contribution in [0.15, 0.2) is 41.7 Å². The first-order chi connectivity index (χ1) is 14.5. The van der Waals surface area contributed by atoms with Crippen LogP contribution in [-0.4, -0.2) is 46.2 Å². The lowest BCUT2D eigenvalue weighted by Crippen LogP contribution is -2.35. The summed E-state index contributed by atoms with van der Waals surface area (Å²) in [6.45, 7) is 12.9. The van der Waals surface area contributed by atoms with Gasteiger partial charge in [0.2, 0.25) is 0 Å². The quantitative estimate of drug-likeness (QED) is 0.309. The van der Waals surface area contributed by atoms with Crippen molar-refractivity contribution in [2.75, 3.05) is 51.1 Å². The van der Waals surface area contributed by atoms with Gasteiger partial charge < -0.3 is 27.0 Å². The molecule has 0 saturated carbocycles. The predicted octanol–water partition coefficient (Wildman–Crippen LogP) is 4.38. The molecule has 1 aromatic rings. The van der Waals surface area contributed by atoms with Gasteiger partial charge in [0.05, 0.1) is 10.7 Å². The van der Waals surface area contributed by atoms with Gasteiger partial charge >= 0.3 is 0 Å². The van der Waals surface area contributed by atoms with E-state index in [9.17, 15) is 0 Å². The predicted molar refractivity (Wildman–Crippen MR) is 136 cm³/mol. The maximum absolute atomic E-state index is 6.36. The van der Waals surface area contributed by atoms with E-state index < -0.39 is 0 Å². The van der Waals surface area contributed by atoms with Crippen molar-refractivity contribution in [3.8, 4) is 0 Å². The molecule has 30 heavy (non-hydrogen) atoms. The fourth-order valence-corrected chi connectivity index (χ4v) is 3.57. The summed E-state index contributed by atoms with van der Waals surface area (Å²) in [6, 6.07) is 6.17. The summed E-state index contributed by atoms with van der Waals surface area (Å²) >= 11 is 11.0. The zero-order valence-electron chi connectivity index (χ0n) is 19.2. The molecular weight excluding hydrogens is 417 g/mol. The number of hydrogen-bond donors (Lipinski definition) is 4. The first-order valence-electron chi connectivity index (χ1n) is 10.6. The van der Waals surface area contributed by atoms with E-state index in [0.29, 0.717) is 0 Å². The standard InChI is InChI=1S/C21H33ClN4.CH3Cl.CH5N/c1-4-26(21-15-16(2)9-10-19(21)22)14-13-24-11-12-25-17(3)18-7-5-6-8-20(18)23;2*1-2/h9-10,15,24-25H,3-8,11-14,23H2,1-2H3;1H3;2H2,1H3. The zero-order valence-corrected chi connectivity index (χ0v) is 20.7. The third kappa shape index (κ3) is 10.1. The highest BCUT2D eigenvalue weighted by Crippen LogP contribution is 2.26. The molecule has 0 unspecified atom stereocenters. The first kappa shape index (κ1) is 28.6. The van der Waals surface area contributed by atoms with Crippen LogP contribution in [0.25, 0.3) is 0 Å². The van der Waals surface area contributed by atoms with Crippen LogP contribution in [0.5, 0.6) is 0 Å². The van der Waals surface area contributed by atoms with Crippen LogP contribution in [0.4, 0.5) is 5.69 Å². The summed E-state index contributed by atoms with van der Waals surface area (Å²) in [6.07, 6.45) is 5.93. The molecule has 0 heterocycles. The van der Waals surface area contributed by atoms with Gasteiger partial charge in [0.1, 0.15) is 0 Å². The summed E-state index contributed by atoms with van der Waals surface area (Å²) in [5, 5.41) is 7.71. The lowest BCUT2D eigenvalue weighted by molar-refractivity contribution is 0.625. The van der Waals surface area contributed by atoms with Crippen molar-refractivity contribution in [3.63, 3.8) is 0 Å². The van der Waals surface area contributed by atoms with E-state index in [1.54, 1.807) is 0 Å². The minimum absolute atomic E-state index is 0.814. The number of hydrogen-bond acceptors (Lipinski definition) is 5. The van der Waals surface area contributed by atoms with E-state index in [1.165, 1.54) is 37.4 Å². The van der Waals surface area contributed by atoms with Gasteiger partial charge in [-0.15, -0.1) is 11.6 Å². The van der Waals surface area contributed by atoms with E-state index in [2.05, 4.69) is 59.4 Å². The number of halogens is 2. The molecule has 0 atom stereocenters. The molecule has 0 spiro atoms. The number of anilines is 1. The van der Waals surface area contributed by atoms with Crippen LogP contribution >= 0.6 is 23.2 Å². The summed E-state index contributed by atoms with van der Waals surface area (Å²) in [5.74, 6) is 0. The number of aryl methyl sites for hydroxylation is 1. The largest absolute Gasteiger partial charge is 0.402 e. The Hall–Kier alpha value is -1.40. The third-order valence-corrected chi connectivity index (χ3v) is 5.22. The summed E-state index contributed by atoms with van der Waals surface area (Å²) in [7, 11) is 1.50. The zero-order chi connectivity index (χ0) is 22.9. The molecule has 0 radical (unpaired) electrons. The molecule has 0 amide bonds. The van der Waals surface area contributed by atoms with Gasteiger partial charge in [0.15, 0.2) is 0 Å². The van der Waals surface area contributed by atoms with Gasteiger partial charge in [-0.25, -0.2) is 0 Å². The number of rotatable bonds is 10. The fraction of sp³-hybridized carbons (Fsp3) is 0.565. The van der Waals surface area contributed by atoms with E-state index in [4.69, 9.17) is 17.3 Å². The van der Waals surface area contributed by atoms with Crippen LogP contribution in [0.2, 0.25) is 5.02 Å². The lowest BCUT2D eigenvalue weighted by atomic mass is 9.95. The van der Waals surface area contributed by atoms with E-state index >= 15 is 0 Å². The Morgan fingerprint density at radius 3 is 2.43 bits per heavy atom. The lowest BCUT2D eigenvalue weighted by Gasteiger charge is -2.25. The molecule has 0 bridgehead atoms. The smallest absolute Gasteiger partial charge is 0.0639 e. The van der Waals surface area contributed by atoms with Crippen LogP contribution in [0.3, 0.4) is 0 Å². The highest BCUT2D eigenvalue weighted by atomic mass is 35.5. The number of likely N-dealkylation sites (N-methyl/N-ethyl adjacent to an activating group) is 1. The Kier molecular flexibility index (Phi) is 16.5. The highest BCUT2D eigenvalue weighted by Gasteiger charge is 2.12. The van der Waals surface area contributed by atoms with E-state index in [-0.39, 0.29) is 0 Å². The van der Waals surface area contributed by atoms with Crippen molar-refractivity contribution >= 4 is 28.9 Å². The Bertz CT molecular complexity index is 646. The van der Waals surface area contributed by atoms with E-state index in [1.807, 2.05) is 12.1 Å². The van der Waals surface area contributed by atoms with Crippen molar-refractivity contribution in [2.45, 2.75) is 39.5 Å². The molecule has 172 valence electrons. The normalized spacial score (nSPS) is 12.9. The fourth-order valence-electron chi connectivity index (χ4n) is 3.33. The van der Waals surface area contributed by atoms with Crippen LogP contribution in [-0.2, 0) is 0 Å². The monoisotopic (exact) mass is 457 g/mol. The molecule has 1 aliphatic rings. The topological polar surface area (TPSA) is 79.3 Å². The summed E-state index contributed by atoms with van der Waals surface area (Å²) in [4.78, 5) is 2.31. The third-order valence-electron chi connectivity index (χ3n) is 4.90. The average Bonchev–Trinajstić information content (AvgIpc) is 2.78. The van der Waals surface area contributed by atoms with Crippen molar-refractivity contribution in [2.24, 2.45) is 11.5 Å². The minimum atomic E-state index is 0.814. The number of nitrogens with two attached hydrogens (primary N) is 2.